The maximum Gasteiger partial charge on any atom is 0.188 e. The minimum atomic E-state index is 0.399. The van der Waals surface area contributed by atoms with Crippen LogP contribution in [0.5, 0.6) is 0 Å². The highest BCUT2D eigenvalue weighted by molar-refractivity contribution is 6.29. The van der Waals surface area contributed by atoms with Crippen LogP contribution in [-0.2, 0) is 0 Å². The van der Waals surface area contributed by atoms with E-state index < -0.39 is 0 Å². The van der Waals surface area contributed by atoms with E-state index in [0.29, 0.717) is 16.6 Å². The molecule has 0 aliphatic carbocycles. The average molecular weight is 249 g/mol. The molecule has 0 amide bonds. The van der Waals surface area contributed by atoms with Gasteiger partial charge in [-0.15, -0.1) is 10.2 Å². The standard InChI is InChI=1S/C11H9ClN4O/c1-6-5-8(7(2)17-6)11-14-13-10-4-3-9(12)15-16(10)11/h3-5H,1-2H3. The Morgan fingerprint density at radius 2 is 2.06 bits per heavy atom. The van der Waals surface area contributed by atoms with Gasteiger partial charge in [0.25, 0.3) is 0 Å². The molecule has 0 fully saturated rings. The lowest BCUT2D eigenvalue weighted by Crippen LogP contribution is -1.94. The van der Waals surface area contributed by atoms with Crippen LogP contribution >= 0.6 is 11.6 Å². The maximum atomic E-state index is 5.87. The quantitative estimate of drug-likeness (QED) is 0.664. The zero-order valence-corrected chi connectivity index (χ0v) is 10.1. The van der Waals surface area contributed by atoms with Crippen LogP contribution in [0.4, 0.5) is 0 Å². The van der Waals surface area contributed by atoms with Crippen LogP contribution in [-0.4, -0.2) is 19.8 Å². The topological polar surface area (TPSA) is 56.2 Å². The summed E-state index contributed by atoms with van der Waals surface area (Å²) in [7, 11) is 0. The highest BCUT2D eigenvalue weighted by Gasteiger charge is 2.15. The van der Waals surface area contributed by atoms with Crippen molar-refractivity contribution >= 4 is 17.2 Å². The highest BCUT2D eigenvalue weighted by Crippen LogP contribution is 2.25. The van der Waals surface area contributed by atoms with Gasteiger partial charge in [0.15, 0.2) is 11.5 Å². The van der Waals surface area contributed by atoms with Crippen molar-refractivity contribution in [2.24, 2.45) is 0 Å². The Balaban J connectivity index is 2.30. The van der Waals surface area contributed by atoms with Gasteiger partial charge in [0, 0.05) is 0 Å². The van der Waals surface area contributed by atoms with Crippen molar-refractivity contribution in [1.82, 2.24) is 19.8 Å². The molecule has 0 saturated heterocycles. The highest BCUT2D eigenvalue weighted by atomic mass is 35.5. The van der Waals surface area contributed by atoms with Crippen LogP contribution in [0.15, 0.2) is 22.6 Å². The second kappa shape index (κ2) is 3.56. The van der Waals surface area contributed by atoms with Gasteiger partial charge in [-0.25, -0.2) is 0 Å². The van der Waals surface area contributed by atoms with Gasteiger partial charge in [-0.2, -0.15) is 9.61 Å². The van der Waals surface area contributed by atoms with E-state index in [9.17, 15) is 0 Å². The third-order valence-corrected chi connectivity index (χ3v) is 2.71. The molecule has 0 aliphatic rings. The van der Waals surface area contributed by atoms with Gasteiger partial charge in [0.1, 0.15) is 16.7 Å². The Morgan fingerprint density at radius 1 is 1.24 bits per heavy atom. The zero-order valence-electron chi connectivity index (χ0n) is 9.31. The molecule has 5 nitrogen and oxygen atoms in total. The Labute approximate surface area is 102 Å². The number of halogens is 1. The smallest absolute Gasteiger partial charge is 0.188 e. The van der Waals surface area contributed by atoms with Gasteiger partial charge in [-0.1, -0.05) is 11.6 Å². The molecular weight excluding hydrogens is 240 g/mol. The van der Waals surface area contributed by atoms with Crippen LogP contribution in [0.1, 0.15) is 11.5 Å². The second-order valence-electron chi connectivity index (χ2n) is 3.78. The summed E-state index contributed by atoms with van der Waals surface area (Å²) in [5, 5.41) is 12.7. The third-order valence-electron chi connectivity index (χ3n) is 2.51. The fourth-order valence-corrected chi connectivity index (χ4v) is 1.93. The largest absolute Gasteiger partial charge is 0.466 e. The predicted molar refractivity (Wildman–Crippen MR) is 63.0 cm³/mol. The summed E-state index contributed by atoms with van der Waals surface area (Å²) in [6.07, 6.45) is 0. The average Bonchev–Trinajstić information content (AvgIpc) is 2.81. The van der Waals surface area contributed by atoms with Crippen molar-refractivity contribution in [1.29, 1.82) is 0 Å². The molecule has 0 radical (unpaired) electrons. The molecule has 17 heavy (non-hydrogen) atoms. The number of hydrogen-bond donors (Lipinski definition) is 0. The minimum Gasteiger partial charge on any atom is -0.466 e. The first kappa shape index (κ1) is 10.3. The molecule has 0 bridgehead atoms. The lowest BCUT2D eigenvalue weighted by atomic mass is 10.2. The first-order valence-corrected chi connectivity index (χ1v) is 5.48. The lowest BCUT2D eigenvalue weighted by Gasteiger charge is -1.97. The van der Waals surface area contributed by atoms with E-state index in [1.54, 1.807) is 16.6 Å². The van der Waals surface area contributed by atoms with Gasteiger partial charge in [0.2, 0.25) is 0 Å². The van der Waals surface area contributed by atoms with Crippen molar-refractivity contribution < 1.29 is 4.42 Å². The normalized spacial score (nSPS) is 11.2. The molecule has 0 aromatic carbocycles. The molecular formula is C11H9ClN4O. The zero-order chi connectivity index (χ0) is 12.0. The fourth-order valence-electron chi connectivity index (χ4n) is 1.79. The Bertz CT molecular complexity index is 701. The maximum absolute atomic E-state index is 5.87. The van der Waals surface area contributed by atoms with E-state index in [1.807, 2.05) is 19.9 Å². The fraction of sp³-hybridized carbons (Fsp3) is 0.182. The summed E-state index contributed by atoms with van der Waals surface area (Å²) in [4.78, 5) is 0. The van der Waals surface area contributed by atoms with E-state index in [2.05, 4.69) is 15.3 Å². The first-order chi connectivity index (χ1) is 8.15. The summed E-state index contributed by atoms with van der Waals surface area (Å²) >= 11 is 5.87. The molecule has 0 aliphatic heterocycles. The van der Waals surface area contributed by atoms with Crippen molar-refractivity contribution in [3.05, 3.63) is 34.9 Å². The number of hydrogen-bond acceptors (Lipinski definition) is 4. The van der Waals surface area contributed by atoms with Crippen molar-refractivity contribution in [2.75, 3.05) is 0 Å². The van der Waals surface area contributed by atoms with Crippen molar-refractivity contribution in [3.63, 3.8) is 0 Å². The van der Waals surface area contributed by atoms with E-state index in [4.69, 9.17) is 16.0 Å². The molecule has 0 unspecified atom stereocenters. The molecule has 0 spiro atoms. The van der Waals surface area contributed by atoms with E-state index in [0.717, 1.165) is 17.1 Å². The van der Waals surface area contributed by atoms with Gasteiger partial charge in [-0.3, -0.25) is 0 Å². The number of nitrogens with zero attached hydrogens (tertiary/aromatic N) is 4. The summed E-state index contributed by atoms with van der Waals surface area (Å²) in [5.41, 5.74) is 1.53. The van der Waals surface area contributed by atoms with E-state index >= 15 is 0 Å². The molecule has 0 N–H and O–H groups in total. The van der Waals surface area contributed by atoms with Crippen LogP contribution in [0, 0.1) is 13.8 Å². The Kier molecular flexibility index (Phi) is 2.16. The number of furan rings is 1. The van der Waals surface area contributed by atoms with Crippen LogP contribution in [0.25, 0.3) is 17.0 Å². The van der Waals surface area contributed by atoms with Crippen molar-refractivity contribution in [3.8, 4) is 11.4 Å². The molecule has 3 aromatic heterocycles. The first-order valence-electron chi connectivity index (χ1n) is 5.10. The second-order valence-corrected chi connectivity index (χ2v) is 4.16. The van der Waals surface area contributed by atoms with E-state index in [1.165, 1.54) is 0 Å². The van der Waals surface area contributed by atoms with Gasteiger partial charge in [0.05, 0.1) is 5.56 Å². The van der Waals surface area contributed by atoms with Crippen LogP contribution in [0.2, 0.25) is 5.15 Å². The molecule has 6 heteroatoms. The lowest BCUT2D eigenvalue weighted by molar-refractivity contribution is 0.505. The Hall–Kier alpha value is -1.88. The number of aromatic nitrogens is 4. The van der Waals surface area contributed by atoms with Gasteiger partial charge in [-0.05, 0) is 32.0 Å². The number of rotatable bonds is 1. The van der Waals surface area contributed by atoms with Gasteiger partial charge >= 0.3 is 0 Å². The molecule has 0 atom stereocenters. The van der Waals surface area contributed by atoms with Crippen LogP contribution < -0.4 is 0 Å². The van der Waals surface area contributed by atoms with E-state index in [-0.39, 0.29) is 0 Å². The third kappa shape index (κ3) is 1.59. The summed E-state index contributed by atoms with van der Waals surface area (Å²) in [6.45, 7) is 3.77. The van der Waals surface area contributed by atoms with Crippen molar-refractivity contribution in [2.45, 2.75) is 13.8 Å². The summed E-state index contributed by atoms with van der Waals surface area (Å²) in [6, 6.07) is 5.37. The Morgan fingerprint density at radius 3 is 2.76 bits per heavy atom. The van der Waals surface area contributed by atoms with Gasteiger partial charge < -0.3 is 4.42 Å². The molecule has 86 valence electrons. The molecule has 3 aromatic rings. The predicted octanol–water partition coefficient (Wildman–Crippen LogP) is 2.65. The minimum absolute atomic E-state index is 0.399. The molecule has 3 heterocycles. The molecule has 3 rings (SSSR count). The number of fused-ring (bicyclic) bond motifs is 1. The SMILES string of the molecule is Cc1cc(-c2nnc3ccc(Cl)nn23)c(C)o1. The summed E-state index contributed by atoms with van der Waals surface area (Å²) in [5.74, 6) is 2.26. The van der Waals surface area contributed by atoms with Crippen LogP contribution in [0.3, 0.4) is 0 Å². The monoisotopic (exact) mass is 248 g/mol. The molecule has 0 saturated carbocycles. The summed E-state index contributed by atoms with van der Waals surface area (Å²) < 4.78 is 7.09. The number of aryl methyl sites for hydroxylation is 2.